The van der Waals surface area contributed by atoms with Gasteiger partial charge < -0.3 is 5.32 Å². The monoisotopic (exact) mass is 321 g/mol. The van der Waals surface area contributed by atoms with Crippen LogP contribution in [-0.2, 0) is 0 Å². The number of hydrogen-bond acceptors (Lipinski definition) is 3. The number of anilines is 2. The molecule has 0 radical (unpaired) electrons. The molecule has 4 nitrogen and oxygen atoms in total. The summed E-state index contributed by atoms with van der Waals surface area (Å²) in [6.45, 7) is 8.69. The molecular weight excluding hydrogens is 296 g/mol. The fourth-order valence-electron chi connectivity index (χ4n) is 3.10. The Labute approximate surface area is 144 Å². The summed E-state index contributed by atoms with van der Waals surface area (Å²) in [6, 6.07) is 13.1. The molecule has 1 aromatic heterocycles. The summed E-state index contributed by atoms with van der Waals surface area (Å²) in [5, 5.41) is 8.04. The first-order chi connectivity index (χ1) is 11.5. The van der Waals surface area contributed by atoms with E-state index in [1.54, 1.807) is 0 Å². The highest BCUT2D eigenvalue weighted by Gasteiger charge is 2.38. The normalized spacial score (nSPS) is 20.5. The van der Waals surface area contributed by atoms with Crippen LogP contribution in [-0.4, -0.2) is 21.8 Å². The summed E-state index contributed by atoms with van der Waals surface area (Å²) >= 11 is 0. The number of allylic oxidation sites excluding steroid dienone is 1. The van der Waals surface area contributed by atoms with E-state index >= 15 is 0 Å². The molecule has 24 heavy (non-hydrogen) atoms. The maximum Gasteiger partial charge on any atom is 0.142 e. The number of hydrogen-bond donors (Lipinski definition) is 1. The SMILES string of the molecule is Cc1ccc(Nc2ccc(C(C)[N+]3(C(C)C)C=CC=N3)cn2)cc1. The van der Waals surface area contributed by atoms with Crippen LogP contribution < -0.4 is 5.32 Å². The molecule has 2 aromatic rings. The van der Waals surface area contributed by atoms with Crippen molar-refractivity contribution in [2.75, 3.05) is 5.32 Å². The van der Waals surface area contributed by atoms with Gasteiger partial charge in [-0.25, -0.2) is 4.98 Å². The van der Waals surface area contributed by atoms with E-state index in [1.165, 1.54) is 11.1 Å². The number of rotatable bonds is 5. The minimum absolute atomic E-state index is 0.223. The molecule has 3 rings (SSSR count). The van der Waals surface area contributed by atoms with E-state index < -0.39 is 0 Å². The van der Waals surface area contributed by atoms with Crippen molar-refractivity contribution in [2.24, 2.45) is 5.10 Å². The maximum atomic E-state index is 4.70. The summed E-state index contributed by atoms with van der Waals surface area (Å²) in [6.07, 6.45) is 8.02. The fourth-order valence-corrected chi connectivity index (χ4v) is 3.10. The number of aryl methyl sites for hydroxylation is 1. The summed E-state index contributed by atoms with van der Waals surface area (Å²) in [5.41, 5.74) is 3.48. The highest BCUT2D eigenvalue weighted by atomic mass is 15.6. The molecule has 1 aliphatic rings. The van der Waals surface area contributed by atoms with E-state index in [1.807, 2.05) is 24.6 Å². The average molecular weight is 321 g/mol. The Morgan fingerprint density at radius 1 is 1.00 bits per heavy atom. The molecule has 0 amide bonds. The minimum atomic E-state index is 0.223. The molecule has 1 aromatic carbocycles. The number of quaternary nitrogens is 1. The second-order valence-electron chi connectivity index (χ2n) is 6.64. The molecule has 124 valence electrons. The third-order valence-electron chi connectivity index (χ3n) is 4.72. The van der Waals surface area contributed by atoms with Crippen molar-refractivity contribution in [3.05, 3.63) is 66.0 Å². The molecule has 0 bridgehead atoms. The molecule has 0 saturated carbocycles. The zero-order valence-electron chi connectivity index (χ0n) is 14.8. The van der Waals surface area contributed by atoms with Crippen LogP contribution >= 0.6 is 0 Å². The Bertz CT molecular complexity index is 730. The molecule has 0 spiro atoms. The zero-order valence-corrected chi connectivity index (χ0v) is 14.8. The first-order valence-corrected chi connectivity index (χ1v) is 8.42. The number of aromatic nitrogens is 1. The van der Waals surface area contributed by atoms with E-state index in [-0.39, 0.29) is 6.04 Å². The van der Waals surface area contributed by atoms with Crippen molar-refractivity contribution in [1.29, 1.82) is 0 Å². The lowest BCUT2D eigenvalue weighted by atomic mass is 10.1. The van der Waals surface area contributed by atoms with Gasteiger partial charge in [0.15, 0.2) is 0 Å². The average Bonchev–Trinajstić information content (AvgIpc) is 3.08. The van der Waals surface area contributed by atoms with Crippen LogP contribution in [0.3, 0.4) is 0 Å². The van der Waals surface area contributed by atoms with Gasteiger partial charge in [0, 0.05) is 23.5 Å². The van der Waals surface area contributed by atoms with E-state index in [0.29, 0.717) is 10.6 Å². The molecule has 2 heterocycles. The van der Waals surface area contributed by atoms with Gasteiger partial charge >= 0.3 is 0 Å². The van der Waals surface area contributed by atoms with Crippen LogP contribution in [0.25, 0.3) is 0 Å². The molecule has 1 aliphatic heterocycles. The zero-order chi connectivity index (χ0) is 17.2. The molecule has 0 fully saturated rings. The highest BCUT2D eigenvalue weighted by molar-refractivity contribution is 5.71. The van der Waals surface area contributed by atoms with Crippen molar-refractivity contribution < 1.29 is 4.59 Å². The van der Waals surface area contributed by atoms with Gasteiger partial charge in [-0.2, -0.15) is 4.59 Å². The Kier molecular flexibility index (Phi) is 4.49. The van der Waals surface area contributed by atoms with Crippen molar-refractivity contribution in [2.45, 2.75) is 39.8 Å². The Morgan fingerprint density at radius 2 is 1.75 bits per heavy atom. The van der Waals surface area contributed by atoms with Gasteiger partial charge in [-0.05, 0) is 52.0 Å². The predicted octanol–water partition coefficient (Wildman–Crippen LogP) is 4.93. The van der Waals surface area contributed by atoms with Gasteiger partial charge in [0.1, 0.15) is 24.1 Å². The van der Waals surface area contributed by atoms with Gasteiger partial charge in [0.25, 0.3) is 0 Å². The van der Waals surface area contributed by atoms with Crippen LogP contribution in [0.1, 0.15) is 37.9 Å². The predicted molar refractivity (Wildman–Crippen MR) is 100 cm³/mol. The van der Waals surface area contributed by atoms with Gasteiger partial charge in [0.05, 0.1) is 6.21 Å². The first-order valence-electron chi connectivity index (χ1n) is 8.42. The second-order valence-corrected chi connectivity index (χ2v) is 6.64. The van der Waals surface area contributed by atoms with E-state index in [9.17, 15) is 0 Å². The lowest BCUT2D eigenvalue weighted by Crippen LogP contribution is -2.44. The number of nitrogens with zero attached hydrogens (tertiary/aromatic N) is 3. The van der Waals surface area contributed by atoms with E-state index in [4.69, 9.17) is 5.10 Å². The number of nitrogens with one attached hydrogen (secondary N) is 1. The summed E-state index contributed by atoms with van der Waals surface area (Å²) in [7, 11) is 0. The molecule has 4 heteroatoms. The summed E-state index contributed by atoms with van der Waals surface area (Å²) in [5.74, 6) is 0.853. The summed E-state index contributed by atoms with van der Waals surface area (Å²) < 4.78 is 0.590. The molecule has 0 aliphatic carbocycles. The minimum Gasteiger partial charge on any atom is -0.340 e. The van der Waals surface area contributed by atoms with Crippen molar-refractivity contribution >= 4 is 17.7 Å². The number of pyridine rings is 1. The maximum absolute atomic E-state index is 4.70. The molecule has 2 unspecified atom stereocenters. The van der Waals surface area contributed by atoms with Crippen LogP contribution in [0.15, 0.2) is 60.0 Å². The Balaban J connectivity index is 1.78. The van der Waals surface area contributed by atoms with Gasteiger partial charge in [0.2, 0.25) is 0 Å². The van der Waals surface area contributed by atoms with Gasteiger partial charge in [-0.15, -0.1) is 0 Å². The quantitative estimate of drug-likeness (QED) is 0.793. The van der Waals surface area contributed by atoms with E-state index in [2.05, 4.69) is 74.5 Å². The smallest absolute Gasteiger partial charge is 0.142 e. The molecule has 0 saturated heterocycles. The molecular formula is C20H25N4+. The topological polar surface area (TPSA) is 37.3 Å². The van der Waals surface area contributed by atoms with Crippen molar-refractivity contribution in [3.63, 3.8) is 0 Å². The Hall–Kier alpha value is -2.46. The third-order valence-corrected chi connectivity index (χ3v) is 4.72. The van der Waals surface area contributed by atoms with Crippen LogP contribution in [0.4, 0.5) is 11.5 Å². The van der Waals surface area contributed by atoms with Gasteiger partial charge in [-0.3, -0.25) is 0 Å². The third kappa shape index (κ3) is 3.10. The van der Waals surface area contributed by atoms with Crippen LogP contribution in [0.2, 0.25) is 0 Å². The highest BCUT2D eigenvalue weighted by Crippen LogP contribution is 2.35. The van der Waals surface area contributed by atoms with Crippen LogP contribution in [0.5, 0.6) is 0 Å². The van der Waals surface area contributed by atoms with Crippen LogP contribution in [0, 0.1) is 6.92 Å². The summed E-state index contributed by atoms with van der Waals surface area (Å²) in [4.78, 5) is 4.58. The van der Waals surface area contributed by atoms with Gasteiger partial charge in [-0.1, -0.05) is 22.8 Å². The number of benzene rings is 1. The molecule has 1 N–H and O–H groups in total. The van der Waals surface area contributed by atoms with E-state index in [0.717, 1.165) is 11.5 Å². The lowest BCUT2D eigenvalue weighted by Gasteiger charge is -2.36. The lowest BCUT2D eigenvalue weighted by molar-refractivity contribution is -0.932. The largest absolute Gasteiger partial charge is 0.340 e. The second kappa shape index (κ2) is 6.57. The van der Waals surface area contributed by atoms with Crippen molar-refractivity contribution in [1.82, 2.24) is 4.98 Å². The van der Waals surface area contributed by atoms with Crippen molar-refractivity contribution in [3.8, 4) is 0 Å². The molecule has 2 atom stereocenters. The Morgan fingerprint density at radius 3 is 2.29 bits per heavy atom. The first kappa shape index (κ1) is 16.4. The fraction of sp³-hybridized carbons (Fsp3) is 0.300. The standard InChI is InChI=1S/C20H25N4/c1-15(2)24(13-5-12-22-24)17(4)18-8-11-20(21-14-18)23-19-9-6-16(3)7-10-19/h5-15,17H,1-4H3,(H,21,23)/q+1.